The van der Waals surface area contributed by atoms with Crippen molar-refractivity contribution < 1.29 is 58.6 Å². The van der Waals surface area contributed by atoms with Crippen molar-refractivity contribution in [1.29, 1.82) is 0 Å². The van der Waals surface area contributed by atoms with Gasteiger partial charge in [-0.1, -0.05) is 48.5 Å². The second kappa shape index (κ2) is 23.0. The van der Waals surface area contributed by atoms with Crippen molar-refractivity contribution in [3.05, 3.63) is 119 Å². The number of carbonyl (C=O) groups is 4. The Hall–Kier alpha value is -6.04. The molecular weight excluding hydrogens is 720 g/mol. The Morgan fingerprint density at radius 3 is 0.946 bits per heavy atom. The minimum atomic E-state index is -0.930. The molecule has 4 atom stereocenters. The number of hydrogen-bond donors (Lipinski definition) is 4. The molecule has 0 aliphatic rings. The van der Waals surface area contributed by atoms with E-state index in [1.165, 1.54) is 0 Å². The summed E-state index contributed by atoms with van der Waals surface area (Å²) in [5.74, 6) is -3.09. The van der Waals surface area contributed by atoms with Gasteiger partial charge < -0.3 is 39.4 Å². The first-order valence-corrected chi connectivity index (χ1v) is 18.3. The maximum Gasteiger partial charge on any atom is 0.307 e. The highest BCUT2D eigenvalue weighted by molar-refractivity contribution is 5.72. The Kier molecular flexibility index (Phi) is 18.2. The Balaban J connectivity index is 0.000000300. The number of rotatable bonds is 22. The smallest absolute Gasteiger partial charge is 0.307 e. The summed E-state index contributed by atoms with van der Waals surface area (Å²) in [6, 6.07) is 29.5. The molecule has 0 amide bonds. The van der Waals surface area contributed by atoms with Crippen LogP contribution < -0.4 is 18.9 Å². The molecule has 4 aromatic carbocycles. The molecule has 0 bridgehead atoms. The molecule has 0 saturated carbocycles. The van der Waals surface area contributed by atoms with E-state index in [0.29, 0.717) is 48.7 Å². The van der Waals surface area contributed by atoms with Crippen molar-refractivity contribution >= 4 is 23.9 Å². The van der Waals surface area contributed by atoms with Crippen LogP contribution in [0.15, 0.2) is 97.1 Å². The van der Waals surface area contributed by atoms with Gasteiger partial charge in [0.2, 0.25) is 0 Å². The van der Waals surface area contributed by atoms with Gasteiger partial charge in [0, 0.05) is 12.8 Å². The molecule has 300 valence electrons. The van der Waals surface area contributed by atoms with Gasteiger partial charge in [-0.25, -0.2) is 0 Å². The highest BCUT2D eigenvalue weighted by Gasteiger charge is 2.30. The van der Waals surface area contributed by atoms with E-state index in [1.54, 1.807) is 40.6 Å². The molecule has 56 heavy (non-hydrogen) atoms. The molecule has 4 N–H and O–H groups in total. The van der Waals surface area contributed by atoms with Gasteiger partial charge in [0.15, 0.2) is 0 Å². The summed E-state index contributed by atoms with van der Waals surface area (Å²) in [7, 11) is 6.27. The van der Waals surface area contributed by atoms with E-state index in [1.807, 2.05) is 84.9 Å². The summed E-state index contributed by atoms with van der Waals surface area (Å²) in [5, 5.41) is 38.0. The molecule has 12 nitrogen and oxygen atoms in total. The first kappa shape index (κ1) is 44.4. The molecule has 0 radical (unpaired) electrons. The molecule has 12 heteroatoms. The largest absolute Gasteiger partial charge is 0.497 e. The molecule has 0 fully saturated rings. The first-order valence-electron chi connectivity index (χ1n) is 18.3. The van der Waals surface area contributed by atoms with E-state index in [2.05, 4.69) is 0 Å². The molecule has 0 heterocycles. The third-order valence-corrected chi connectivity index (χ3v) is 9.67. The summed E-state index contributed by atoms with van der Waals surface area (Å²) in [6.07, 6.45) is 1.96. The average molecular weight is 773 g/mol. The lowest BCUT2D eigenvalue weighted by Gasteiger charge is -2.24. The van der Waals surface area contributed by atoms with Crippen LogP contribution >= 0.6 is 0 Å². The molecule has 0 spiro atoms. The summed E-state index contributed by atoms with van der Waals surface area (Å²) in [5.41, 5.74) is 3.54. The molecule has 0 aromatic heterocycles. The van der Waals surface area contributed by atoms with Crippen molar-refractivity contribution in [3.8, 4) is 23.0 Å². The molecule has 0 saturated heterocycles. The van der Waals surface area contributed by atoms with Gasteiger partial charge in [0.05, 0.1) is 40.3 Å². The summed E-state index contributed by atoms with van der Waals surface area (Å²) >= 11 is 0. The van der Waals surface area contributed by atoms with Gasteiger partial charge in [-0.15, -0.1) is 0 Å². The normalized spacial score (nSPS) is 12.8. The summed E-state index contributed by atoms with van der Waals surface area (Å²) < 4.78 is 20.9. The Labute approximate surface area is 327 Å². The van der Waals surface area contributed by atoms with E-state index in [4.69, 9.17) is 29.2 Å². The topological polar surface area (TPSA) is 186 Å². The lowest BCUT2D eigenvalue weighted by Crippen LogP contribution is -2.28. The molecule has 4 aromatic rings. The second-order valence-electron chi connectivity index (χ2n) is 13.5. The highest BCUT2D eigenvalue weighted by atomic mass is 16.5. The van der Waals surface area contributed by atoms with Crippen LogP contribution in [0.5, 0.6) is 23.0 Å². The van der Waals surface area contributed by atoms with Crippen LogP contribution in [0.2, 0.25) is 0 Å². The van der Waals surface area contributed by atoms with Gasteiger partial charge >= 0.3 is 23.9 Å². The third kappa shape index (κ3) is 15.0. The lowest BCUT2D eigenvalue weighted by molar-refractivity contribution is -0.145. The minimum Gasteiger partial charge on any atom is -0.497 e. The van der Waals surface area contributed by atoms with E-state index < -0.39 is 35.7 Å². The fourth-order valence-corrected chi connectivity index (χ4v) is 6.73. The van der Waals surface area contributed by atoms with Crippen molar-refractivity contribution in [2.24, 2.45) is 23.7 Å². The fourth-order valence-electron chi connectivity index (χ4n) is 6.73. The number of hydrogen-bond acceptors (Lipinski definition) is 8. The summed E-state index contributed by atoms with van der Waals surface area (Å²) in [4.78, 5) is 46.3. The van der Waals surface area contributed by atoms with Crippen molar-refractivity contribution in [2.45, 2.75) is 51.4 Å². The van der Waals surface area contributed by atoms with Crippen LogP contribution in [0, 0.1) is 23.7 Å². The van der Waals surface area contributed by atoms with Crippen molar-refractivity contribution in [1.82, 2.24) is 0 Å². The lowest BCUT2D eigenvalue weighted by atomic mass is 9.80. The standard InChI is InChI=1S/2C22H26O6/c2*1-27-18-7-3-5-15(12-18)11-17(9-10-21(23)24)20(22(25)26)14-16-6-4-8-19(13-16)28-2/h2*3-8,12-13,17,20H,9-11,14H2,1-2H3,(H,23,24)(H,25,26)/t2*17-,20-/m10/s1. The average Bonchev–Trinajstić information content (AvgIpc) is 3.19. The van der Waals surface area contributed by atoms with Gasteiger partial charge in [0.25, 0.3) is 0 Å². The van der Waals surface area contributed by atoms with E-state index in [9.17, 15) is 29.4 Å². The first-order chi connectivity index (χ1) is 26.8. The van der Waals surface area contributed by atoms with E-state index in [0.717, 1.165) is 22.3 Å². The van der Waals surface area contributed by atoms with Crippen LogP contribution in [-0.2, 0) is 44.9 Å². The Morgan fingerprint density at radius 1 is 0.446 bits per heavy atom. The Morgan fingerprint density at radius 2 is 0.714 bits per heavy atom. The molecule has 0 aliphatic heterocycles. The minimum absolute atomic E-state index is 0.0729. The van der Waals surface area contributed by atoms with Gasteiger partial charge in [-0.3, -0.25) is 19.2 Å². The van der Waals surface area contributed by atoms with E-state index >= 15 is 0 Å². The Bertz CT molecular complexity index is 1740. The summed E-state index contributed by atoms with van der Waals surface area (Å²) in [6.45, 7) is 0. The number of ether oxygens (including phenoxy) is 4. The van der Waals surface area contributed by atoms with Crippen LogP contribution in [-0.4, -0.2) is 72.7 Å². The second-order valence-corrected chi connectivity index (χ2v) is 13.5. The van der Waals surface area contributed by atoms with E-state index in [-0.39, 0.29) is 37.5 Å². The molecule has 0 unspecified atom stereocenters. The number of benzene rings is 4. The number of carboxylic acids is 4. The van der Waals surface area contributed by atoms with Crippen LogP contribution in [0.25, 0.3) is 0 Å². The van der Waals surface area contributed by atoms with Crippen molar-refractivity contribution in [3.63, 3.8) is 0 Å². The number of aliphatic carboxylic acids is 4. The SMILES string of the molecule is COc1cccc(C[C@@H](CCC(=O)O)[C@@H](Cc2cccc(OC)c2)C(=O)O)c1.COc1cccc(C[C@H](CCC(=O)O)[C@H](Cc2cccc(OC)c2)C(=O)O)c1. The van der Waals surface area contributed by atoms with Crippen LogP contribution in [0.1, 0.15) is 47.9 Å². The number of methoxy groups -OCH3 is 4. The predicted octanol–water partition coefficient (Wildman–Crippen LogP) is 7.34. The molecule has 4 rings (SSSR count). The van der Waals surface area contributed by atoms with Crippen molar-refractivity contribution in [2.75, 3.05) is 28.4 Å². The zero-order valence-corrected chi connectivity index (χ0v) is 32.3. The molecular formula is C44H52O12. The quantitative estimate of drug-likeness (QED) is 0.0624. The highest BCUT2D eigenvalue weighted by Crippen LogP contribution is 2.30. The van der Waals surface area contributed by atoms with Crippen LogP contribution in [0.3, 0.4) is 0 Å². The maximum atomic E-state index is 12.1. The van der Waals surface area contributed by atoms with Crippen LogP contribution in [0.4, 0.5) is 0 Å². The zero-order valence-electron chi connectivity index (χ0n) is 32.3. The zero-order chi connectivity index (χ0) is 41.0. The monoisotopic (exact) mass is 772 g/mol. The van der Waals surface area contributed by atoms with Gasteiger partial charge in [-0.2, -0.15) is 0 Å². The number of carboxylic acid groups (broad SMARTS) is 4. The molecule has 0 aliphatic carbocycles. The maximum absolute atomic E-state index is 12.1. The van der Waals surface area contributed by atoms with Gasteiger partial charge in [-0.05, 0) is 121 Å². The predicted molar refractivity (Wildman–Crippen MR) is 210 cm³/mol. The fraction of sp³-hybridized carbons (Fsp3) is 0.364. The van der Waals surface area contributed by atoms with Gasteiger partial charge in [0.1, 0.15) is 23.0 Å². The third-order valence-electron chi connectivity index (χ3n) is 9.67.